The Morgan fingerprint density at radius 1 is 1.45 bits per heavy atom. The highest BCUT2D eigenvalue weighted by Gasteiger charge is 2.44. The highest BCUT2D eigenvalue weighted by Crippen LogP contribution is 2.35. The van der Waals surface area contributed by atoms with Crippen molar-refractivity contribution in [3.05, 3.63) is 23.5 Å². The van der Waals surface area contributed by atoms with Crippen LogP contribution in [0.5, 0.6) is 0 Å². The summed E-state index contributed by atoms with van der Waals surface area (Å²) in [6, 6.07) is 0. The maximum Gasteiger partial charge on any atom is 0.346 e. The van der Waals surface area contributed by atoms with E-state index in [4.69, 9.17) is 14.6 Å². The van der Waals surface area contributed by atoms with E-state index < -0.39 is 35.8 Å². The number of carboxylic acid groups (broad SMARTS) is 1. The smallest absolute Gasteiger partial charge is 0.346 e. The number of ether oxygens (including phenoxy) is 2. The number of esters is 1. The van der Waals surface area contributed by atoms with Crippen LogP contribution in [0.15, 0.2) is 23.5 Å². The van der Waals surface area contributed by atoms with E-state index in [1.165, 1.54) is 0 Å². The lowest BCUT2D eigenvalue weighted by atomic mass is 9.92. The van der Waals surface area contributed by atoms with Crippen LogP contribution in [-0.2, 0) is 23.9 Å². The second-order valence-corrected chi connectivity index (χ2v) is 6.06. The van der Waals surface area contributed by atoms with Crippen molar-refractivity contribution in [2.75, 3.05) is 0 Å². The molecule has 3 atom stereocenters. The molecule has 0 radical (unpaired) electrons. The highest BCUT2D eigenvalue weighted by molar-refractivity contribution is 6.24. The molecule has 0 unspecified atom stereocenters. The Hall–Kier alpha value is -2.11. The van der Waals surface area contributed by atoms with Crippen LogP contribution >= 0.6 is 0 Å². The van der Waals surface area contributed by atoms with Gasteiger partial charge in [0.25, 0.3) is 0 Å². The second kappa shape index (κ2) is 5.94. The number of cyclic esters (lactones) is 1. The summed E-state index contributed by atoms with van der Waals surface area (Å²) in [5.74, 6) is -2.02. The van der Waals surface area contributed by atoms with Gasteiger partial charge in [-0.25, -0.2) is 4.79 Å². The molecule has 120 valence electrons. The van der Waals surface area contributed by atoms with Crippen molar-refractivity contribution in [1.82, 2.24) is 0 Å². The number of carboxylic acids is 1. The molecule has 6 nitrogen and oxygen atoms in total. The van der Waals surface area contributed by atoms with Gasteiger partial charge in [-0.3, -0.25) is 9.59 Å². The van der Waals surface area contributed by atoms with Crippen molar-refractivity contribution < 1.29 is 29.0 Å². The Labute approximate surface area is 128 Å². The van der Waals surface area contributed by atoms with E-state index in [2.05, 4.69) is 13.8 Å². The zero-order valence-corrected chi connectivity index (χ0v) is 12.9. The number of hydrogen-bond acceptors (Lipinski definition) is 5. The standard InChI is InChI=1S/C16H20O6/c1-4-9(2)8-16(3)6-5-10(22-16)13-14(19)11(7-12(17)18)21-15(13)20/h5-6,9,11H,4,7-8H2,1-3H3,(H,17,18)/b13-10-/t9-,11+,16+/m1/s1. The molecule has 0 saturated carbocycles. The minimum atomic E-state index is -1.26. The van der Waals surface area contributed by atoms with Gasteiger partial charge in [0.2, 0.25) is 5.78 Å². The van der Waals surface area contributed by atoms with Crippen LogP contribution in [0.2, 0.25) is 0 Å². The largest absolute Gasteiger partial charge is 0.482 e. The van der Waals surface area contributed by atoms with Gasteiger partial charge in [0.15, 0.2) is 6.10 Å². The fourth-order valence-electron chi connectivity index (χ4n) is 2.67. The maximum absolute atomic E-state index is 12.1. The number of Topliss-reactive ketones (excluding diaryl/α,β-unsaturated/α-hetero) is 1. The van der Waals surface area contributed by atoms with Crippen LogP contribution in [-0.4, -0.2) is 34.5 Å². The number of carbonyl (C=O) groups excluding carboxylic acids is 2. The summed E-state index contributed by atoms with van der Waals surface area (Å²) < 4.78 is 10.6. The normalized spacial score (nSPS) is 32.0. The molecule has 2 aliphatic heterocycles. The molecule has 2 aliphatic rings. The number of rotatable bonds is 5. The summed E-state index contributed by atoms with van der Waals surface area (Å²) in [5.41, 5.74) is -0.751. The SMILES string of the molecule is CC[C@@H](C)C[C@]1(C)C=C/C(=C2/C(=O)O[C@@H](CC(=O)O)C2=O)O1. The summed E-state index contributed by atoms with van der Waals surface area (Å²) in [6.07, 6.45) is 3.40. The van der Waals surface area contributed by atoms with Gasteiger partial charge < -0.3 is 14.6 Å². The van der Waals surface area contributed by atoms with E-state index in [1.807, 2.05) is 13.0 Å². The van der Waals surface area contributed by atoms with Crippen molar-refractivity contribution in [1.29, 1.82) is 0 Å². The lowest BCUT2D eigenvalue weighted by Gasteiger charge is -2.26. The van der Waals surface area contributed by atoms with Crippen molar-refractivity contribution in [2.45, 2.75) is 51.7 Å². The minimum Gasteiger partial charge on any atom is -0.482 e. The summed E-state index contributed by atoms with van der Waals surface area (Å²) in [6.45, 7) is 6.08. The topological polar surface area (TPSA) is 89.9 Å². The average molecular weight is 308 g/mol. The molecule has 1 N–H and O–H groups in total. The summed E-state index contributed by atoms with van der Waals surface area (Å²) in [5, 5.41) is 8.73. The number of aliphatic carboxylic acids is 1. The van der Waals surface area contributed by atoms with Crippen LogP contribution in [0, 0.1) is 5.92 Å². The first-order chi connectivity index (χ1) is 10.3. The molecule has 0 aromatic rings. The Morgan fingerprint density at radius 2 is 2.14 bits per heavy atom. The number of allylic oxidation sites excluding steroid dienone is 1. The van der Waals surface area contributed by atoms with Crippen molar-refractivity contribution in [2.24, 2.45) is 5.92 Å². The fourth-order valence-corrected chi connectivity index (χ4v) is 2.67. The molecule has 22 heavy (non-hydrogen) atoms. The molecule has 1 fully saturated rings. The quantitative estimate of drug-likeness (QED) is 0.474. The van der Waals surface area contributed by atoms with Crippen molar-refractivity contribution in [3.8, 4) is 0 Å². The lowest BCUT2D eigenvalue weighted by molar-refractivity contribution is -0.147. The molecular formula is C16H20O6. The van der Waals surface area contributed by atoms with Gasteiger partial charge in [-0.05, 0) is 31.4 Å². The van der Waals surface area contributed by atoms with Gasteiger partial charge in [-0.1, -0.05) is 20.3 Å². The van der Waals surface area contributed by atoms with Gasteiger partial charge >= 0.3 is 11.9 Å². The third kappa shape index (κ3) is 3.21. The maximum atomic E-state index is 12.1. The number of ketones is 1. The Balaban J connectivity index is 2.19. The van der Waals surface area contributed by atoms with Crippen LogP contribution in [0.3, 0.4) is 0 Å². The number of hydrogen-bond donors (Lipinski definition) is 1. The van der Waals surface area contributed by atoms with E-state index in [9.17, 15) is 14.4 Å². The average Bonchev–Trinajstić information content (AvgIpc) is 2.90. The third-order valence-electron chi connectivity index (χ3n) is 3.98. The van der Waals surface area contributed by atoms with Gasteiger partial charge in [-0.15, -0.1) is 0 Å². The molecule has 0 aliphatic carbocycles. The molecule has 1 saturated heterocycles. The zero-order valence-electron chi connectivity index (χ0n) is 12.9. The summed E-state index contributed by atoms with van der Waals surface area (Å²) >= 11 is 0. The fraction of sp³-hybridized carbons (Fsp3) is 0.562. The molecule has 0 aromatic heterocycles. The van der Waals surface area contributed by atoms with Crippen LogP contribution in [0.25, 0.3) is 0 Å². The second-order valence-electron chi connectivity index (χ2n) is 6.06. The molecule has 6 heteroatoms. The highest BCUT2D eigenvalue weighted by atomic mass is 16.6. The van der Waals surface area contributed by atoms with Crippen molar-refractivity contribution >= 4 is 17.7 Å². The van der Waals surface area contributed by atoms with Crippen LogP contribution in [0.1, 0.15) is 40.0 Å². The molecule has 0 spiro atoms. The molecule has 0 aromatic carbocycles. The first-order valence-corrected chi connectivity index (χ1v) is 7.35. The first kappa shape index (κ1) is 16.3. The van der Waals surface area contributed by atoms with E-state index >= 15 is 0 Å². The molecule has 0 bridgehead atoms. The predicted octanol–water partition coefficient (Wildman–Crippen LogP) is 1.99. The minimum absolute atomic E-state index is 0.175. The molecular weight excluding hydrogens is 288 g/mol. The monoisotopic (exact) mass is 308 g/mol. The van der Waals surface area contributed by atoms with E-state index in [0.29, 0.717) is 5.92 Å². The molecule has 0 amide bonds. The predicted molar refractivity (Wildman–Crippen MR) is 76.9 cm³/mol. The first-order valence-electron chi connectivity index (χ1n) is 7.35. The van der Waals surface area contributed by atoms with Gasteiger partial charge in [0.05, 0.1) is 6.42 Å². The van der Waals surface area contributed by atoms with E-state index in [0.717, 1.165) is 12.8 Å². The van der Waals surface area contributed by atoms with Gasteiger partial charge in [0, 0.05) is 0 Å². The molecule has 2 heterocycles. The van der Waals surface area contributed by atoms with E-state index in [1.54, 1.807) is 6.08 Å². The van der Waals surface area contributed by atoms with Crippen LogP contribution in [0.4, 0.5) is 0 Å². The Bertz CT molecular complexity index is 573. The summed E-state index contributed by atoms with van der Waals surface area (Å²) in [4.78, 5) is 34.7. The van der Waals surface area contributed by atoms with Crippen LogP contribution < -0.4 is 0 Å². The number of carbonyl (C=O) groups is 3. The van der Waals surface area contributed by atoms with Gasteiger partial charge in [0.1, 0.15) is 16.9 Å². The summed E-state index contributed by atoms with van der Waals surface area (Å²) in [7, 11) is 0. The Kier molecular flexibility index (Phi) is 4.39. The van der Waals surface area contributed by atoms with Crippen molar-refractivity contribution in [3.63, 3.8) is 0 Å². The zero-order chi connectivity index (χ0) is 16.5. The Morgan fingerprint density at radius 3 is 2.73 bits per heavy atom. The van der Waals surface area contributed by atoms with E-state index in [-0.39, 0.29) is 11.3 Å². The lowest BCUT2D eigenvalue weighted by Crippen LogP contribution is -2.25. The third-order valence-corrected chi connectivity index (χ3v) is 3.98. The molecule has 2 rings (SSSR count). The van der Waals surface area contributed by atoms with Gasteiger partial charge in [-0.2, -0.15) is 0 Å².